The second-order valence-corrected chi connectivity index (χ2v) is 6.33. The van der Waals surface area contributed by atoms with Crippen molar-refractivity contribution in [1.29, 1.82) is 0 Å². The first-order valence-corrected chi connectivity index (χ1v) is 8.67. The van der Waals surface area contributed by atoms with Gasteiger partial charge in [0.25, 0.3) is 11.6 Å². The molecule has 0 aliphatic heterocycles. The van der Waals surface area contributed by atoms with E-state index in [0.717, 1.165) is 11.1 Å². The minimum Gasteiger partial charge on any atom is -0.320 e. The molecule has 0 saturated heterocycles. The predicted octanol–water partition coefficient (Wildman–Crippen LogP) is 4.31. The average Bonchev–Trinajstić information content (AvgIpc) is 3.13. The summed E-state index contributed by atoms with van der Waals surface area (Å²) in [6.07, 6.45) is 0.671. The zero-order valence-electron chi connectivity index (χ0n) is 14.8. The van der Waals surface area contributed by atoms with Crippen molar-refractivity contribution >= 4 is 28.2 Å². The van der Waals surface area contributed by atoms with Gasteiger partial charge in [0.1, 0.15) is 0 Å². The molecular weight excluding hydrogens is 356 g/mol. The first-order valence-electron chi connectivity index (χ1n) is 8.67. The maximum atomic E-state index is 12.8. The van der Waals surface area contributed by atoms with Crippen LogP contribution in [0.3, 0.4) is 0 Å². The number of hydrogen-bond donors (Lipinski definition) is 2. The largest absolute Gasteiger partial charge is 0.320 e. The number of non-ortho nitro benzene ring substituents is 1. The molecule has 0 atom stereocenters. The van der Waals surface area contributed by atoms with Gasteiger partial charge in [-0.1, -0.05) is 48.5 Å². The van der Waals surface area contributed by atoms with Gasteiger partial charge in [-0.05, 0) is 29.7 Å². The first-order chi connectivity index (χ1) is 13.6. The molecule has 1 heterocycles. The molecule has 2 N–H and O–H groups in total. The van der Waals surface area contributed by atoms with Gasteiger partial charge in [-0.3, -0.25) is 20.0 Å². The number of hydrogen-bond acceptors (Lipinski definition) is 4. The number of nitrogens with zero attached hydrogens (tertiary/aromatic N) is 2. The minimum absolute atomic E-state index is 0.0903. The van der Waals surface area contributed by atoms with Gasteiger partial charge < -0.3 is 5.32 Å². The van der Waals surface area contributed by atoms with Crippen molar-refractivity contribution in [2.24, 2.45) is 0 Å². The number of fused-ring (bicyclic) bond motifs is 1. The van der Waals surface area contributed by atoms with Crippen LogP contribution in [0, 0.1) is 10.1 Å². The first kappa shape index (κ1) is 17.4. The van der Waals surface area contributed by atoms with Crippen LogP contribution in [-0.2, 0) is 6.42 Å². The van der Waals surface area contributed by atoms with Gasteiger partial charge in [0.15, 0.2) is 5.69 Å². The molecule has 0 fully saturated rings. The number of nitrogens with one attached hydrogen (secondary N) is 2. The third kappa shape index (κ3) is 3.45. The molecule has 7 heteroatoms. The van der Waals surface area contributed by atoms with E-state index in [2.05, 4.69) is 15.5 Å². The van der Waals surface area contributed by atoms with E-state index in [-0.39, 0.29) is 11.4 Å². The van der Waals surface area contributed by atoms with E-state index in [4.69, 9.17) is 0 Å². The maximum absolute atomic E-state index is 12.8. The number of carbonyl (C=O) groups is 1. The van der Waals surface area contributed by atoms with Crippen LogP contribution in [0.5, 0.6) is 0 Å². The van der Waals surface area contributed by atoms with Gasteiger partial charge in [0, 0.05) is 23.2 Å². The van der Waals surface area contributed by atoms with Crippen LogP contribution in [0.15, 0.2) is 72.8 Å². The number of aromatic nitrogens is 2. The zero-order chi connectivity index (χ0) is 19.5. The fourth-order valence-corrected chi connectivity index (χ4v) is 3.08. The Morgan fingerprint density at radius 3 is 2.57 bits per heavy atom. The lowest BCUT2D eigenvalue weighted by Crippen LogP contribution is -2.14. The Morgan fingerprint density at radius 2 is 1.79 bits per heavy atom. The summed E-state index contributed by atoms with van der Waals surface area (Å²) in [7, 11) is 0. The molecule has 0 aliphatic rings. The highest BCUT2D eigenvalue weighted by Crippen LogP contribution is 2.24. The van der Waals surface area contributed by atoms with Crippen LogP contribution < -0.4 is 5.32 Å². The summed E-state index contributed by atoms with van der Waals surface area (Å²) in [5, 5.41) is 21.1. The van der Waals surface area contributed by atoms with Gasteiger partial charge in [-0.15, -0.1) is 0 Å². The van der Waals surface area contributed by atoms with Crippen LogP contribution >= 0.6 is 0 Å². The van der Waals surface area contributed by atoms with E-state index in [1.807, 2.05) is 54.6 Å². The van der Waals surface area contributed by atoms with Crippen LogP contribution in [0.25, 0.3) is 10.9 Å². The summed E-state index contributed by atoms with van der Waals surface area (Å²) < 4.78 is 0. The SMILES string of the molecule is O=C(Nc1ccccc1Cc1ccccc1)c1n[nH]c2ccc([N+](=O)[O-])cc12. The van der Waals surface area contributed by atoms with Crippen molar-refractivity contribution in [2.75, 3.05) is 5.32 Å². The number of carbonyl (C=O) groups excluding carboxylic acids is 1. The second-order valence-electron chi connectivity index (χ2n) is 6.33. The molecule has 4 rings (SSSR count). The van der Waals surface area contributed by atoms with Crippen molar-refractivity contribution in [3.63, 3.8) is 0 Å². The number of amides is 1. The third-order valence-corrected chi connectivity index (χ3v) is 4.48. The quantitative estimate of drug-likeness (QED) is 0.402. The topological polar surface area (TPSA) is 101 Å². The number of anilines is 1. The fraction of sp³-hybridized carbons (Fsp3) is 0.0476. The van der Waals surface area contributed by atoms with Crippen LogP contribution in [0.1, 0.15) is 21.6 Å². The van der Waals surface area contributed by atoms with E-state index >= 15 is 0 Å². The normalized spacial score (nSPS) is 10.7. The van der Waals surface area contributed by atoms with E-state index in [1.165, 1.54) is 12.1 Å². The molecule has 0 saturated carbocycles. The molecule has 1 amide bonds. The molecule has 3 aromatic carbocycles. The molecule has 0 spiro atoms. The lowest BCUT2D eigenvalue weighted by atomic mass is 10.0. The van der Waals surface area contributed by atoms with E-state index in [0.29, 0.717) is 23.0 Å². The highest BCUT2D eigenvalue weighted by atomic mass is 16.6. The summed E-state index contributed by atoms with van der Waals surface area (Å²) in [5.41, 5.74) is 3.37. The van der Waals surface area contributed by atoms with Gasteiger partial charge in [0.2, 0.25) is 0 Å². The number of H-pyrrole nitrogens is 1. The summed E-state index contributed by atoms with van der Waals surface area (Å²) in [5.74, 6) is -0.424. The Kier molecular flexibility index (Phi) is 4.55. The summed E-state index contributed by atoms with van der Waals surface area (Å²) in [4.78, 5) is 23.3. The molecular formula is C21H16N4O3. The van der Waals surface area contributed by atoms with Crippen LogP contribution in [0.4, 0.5) is 11.4 Å². The number of nitro groups is 1. The number of aromatic amines is 1. The minimum atomic E-state index is -0.497. The van der Waals surface area contributed by atoms with Crippen molar-refractivity contribution in [2.45, 2.75) is 6.42 Å². The number of rotatable bonds is 5. The Morgan fingerprint density at radius 1 is 1.04 bits per heavy atom. The summed E-state index contributed by atoms with van der Waals surface area (Å²) in [6.45, 7) is 0. The summed E-state index contributed by atoms with van der Waals surface area (Å²) in [6, 6.07) is 21.8. The average molecular weight is 372 g/mol. The highest BCUT2D eigenvalue weighted by Gasteiger charge is 2.18. The standard InChI is InChI=1S/C21H16N4O3/c26-21(20-17-13-16(25(27)28)10-11-19(17)23-24-20)22-18-9-5-4-8-15(18)12-14-6-2-1-3-7-14/h1-11,13H,12H2,(H,22,26)(H,23,24). The smallest absolute Gasteiger partial charge is 0.276 e. The van der Waals surface area contributed by atoms with Gasteiger partial charge in [0.05, 0.1) is 10.4 Å². The molecule has 4 aromatic rings. The predicted molar refractivity (Wildman–Crippen MR) is 106 cm³/mol. The lowest BCUT2D eigenvalue weighted by molar-refractivity contribution is -0.384. The van der Waals surface area contributed by atoms with Crippen LogP contribution in [0.2, 0.25) is 0 Å². The Hall–Kier alpha value is -4.00. The summed E-state index contributed by atoms with van der Waals surface area (Å²) >= 11 is 0. The molecule has 0 bridgehead atoms. The second kappa shape index (κ2) is 7.32. The fourth-order valence-electron chi connectivity index (χ4n) is 3.08. The third-order valence-electron chi connectivity index (χ3n) is 4.48. The molecule has 7 nitrogen and oxygen atoms in total. The van der Waals surface area contributed by atoms with Crippen molar-refractivity contribution in [3.8, 4) is 0 Å². The molecule has 0 radical (unpaired) electrons. The van der Waals surface area contributed by atoms with Gasteiger partial charge in [-0.25, -0.2) is 0 Å². The van der Waals surface area contributed by atoms with Gasteiger partial charge in [-0.2, -0.15) is 5.10 Å². The highest BCUT2D eigenvalue weighted by molar-refractivity contribution is 6.11. The van der Waals surface area contributed by atoms with E-state index < -0.39 is 10.8 Å². The van der Waals surface area contributed by atoms with E-state index in [9.17, 15) is 14.9 Å². The Bertz CT molecular complexity index is 1170. The van der Waals surface area contributed by atoms with Crippen molar-refractivity contribution in [3.05, 3.63) is 99.7 Å². The van der Waals surface area contributed by atoms with Crippen molar-refractivity contribution < 1.29 is 9.72 Å². The monoisotopic (exact) mass is 372 g/mol. The molecule has 1 aromatic heterocycles. The molecule has 0 unspecified atom stereocenters. The molecule has 138 valence electrons. The number of para-hydroxylation sites is 1. The van der Waals surface area contributed by atoms with E-state index in [1.54, 1.807) is 6.07 Å². The maximum Gasteiger partial charge on any atom is 0.276 e. The number of benzene rings is 3. The van der Waals surface area contributed by atoms with Crippen molar-refractivity contribution in [1.82, 2.24) is 10.2 Å². The zero-order valence-corrected chi connectivity index (χ0v) is 14.8. The molecule has 28 heavy (non-hydrogen) atoms. The van der Waals surface area contributed by atoms with Crippen LogP contribution in [-0.4, -0.2) is 21.0 Å². The Balaban J connectivity index is 1.63. The number of nitro benzene ring substituents is 1. The molecule has 0 aliphatic carbocycles. The lowest BCUT2D eigenvalue weighted by Gasteiger charge is -2.10. The van der Waals surface area contributed by atoms with Gasteiger partial charge >= 0.3 is 0 Å². The Labute approximate surface area is 160 Å².